The van der Waals surface area contributed by atoms with Crippen molar-refractivity contribution < 1.29 is 13.2 Å². The lowest BCUT2D eigenvalue weighted by molar-refractivity contribution is 0.0946. The molecule has 1 aromatic heterocycles. The molecule has 1 N–H and O–H groups in total. The molecule has 1 amide bonds. The van der Waals surface area contributed by atoms with Crippen molar-refractivity contribution in [3.05, 3.63) is 118 Å². The number of carbonyl (C=O) groups excluding carboxylic acids is 1. The number of aromatic nitrogens is 1. The van der Waals surface area contributed by atoms with Gasteiger partial charge in [-0.25, -0.2) is 13.4 Å². The molecular formula is C25H23N3O3S2. The van der Waals surface area contributed by atoms with Crippen molar-refractivity contribution in [2.24, 2.45) is 0 Å². The van der Waals surface area contributed by atoms with Crippen LogP contribution in [0.3, 0.4) is 0 Å². The Morgan fingerprint density at radius 2 is 1.39 bits per heavy atom. The number of amides is 1. The molecule has 6 nitrogen and oxygen atoms in total. The van der Waals surface area contributed by atoms with Gasteiger partial charge in [-0.1, -0.05) is 78.9 Å². The molecule has 0 aliphatic heterocycles. The Kier molecular flexibility index (Phi) is 7.29. The summed E-state index contributed by atoms with van der Waals surface area (Å²) in [7, 11) is -3.76. The van der Waals surface area contributed by atoms with Gasteiger partial charge in [-0.3, -0.25) is 4.79 Å². The van der Waals surface area contributed by atoms with E-state index >= 15 is 0 Å². The number of rotatable bonds is 9. The quantitative estimate of drug-likeness (QED) is 0.386. The standard InChI is InChI=1S/C25H23N3O3S2/c29-25(26-16-20-10-4-1-5-11-20)23-19-32-24(27-23)18-28(17-21-12-6-2-7-13-21)33(30,31)22-14-8-3-9-15-22/h1-15,19H,16-18H2,(H,26,29). The van der Waals surface area contributed by atoms with E-state index in [0.717, 1.165) is 11.1 Å². The van der Waals surface area contributed by atoms with Gasteiger partial charge < -0.3 is 5.32 Å². The number of benzene rings is 3. The Labute approximate surface area is 197 Å². The SMILES string of the molecule is O=C(NCc1ccccc1)c1csc(CN(Cc2ccccc2)S(=O)(=O)c2ccccc2)n1. The van der Waals surface area contributed by atoms with Gasteiger partial charge in [-0.15, -0.1) is 11.3 Å². The maximum Gasteiger partial charge on any atom is 0.271 e. The van der Waals surface area contributed by atoms with E-state index in [-0.39, 0.29) is 29.6 Å². The van der Waals surface area contributed by atoms with Gasteiger partial charge in [0.25, 0.3) is 5.91 Å². The molecule has 0 unspecified atom stereocenters. The first-order valence-corrected chi connectivity index (χ1v) is 12.7. The van der Waals surface area contributed by atoms with Crippen molar-refractivity contribution in [3.8, 4) is 0 Å². The maximum atomic E-state index is 13.4. The first kappa shape index (κ1) is 22.8. The normalized spacial score (nSPS) is 11.4. The number of carbonyl (C=O) groups is 1. The Balaban J connectivity index is 1.52. The highest BCUT2D eigenvalue weighted by atomic mass is 32.2. The molecule has 168 valence electrons. The van der Waals surface area contributed by atoms with E-state index in [0.29, 0.717) is 11.6 Å². The molecule has 0 aliphatic carbocycles. The molecule has 3 aromatic carbocycles. The summed E-state index contributed by atoms with van der Waals surface area (Å²) in [4.78, 5) is 17.2. The fraction of sp³-hybridized carbons (Fsp3) is 0.120. The molecule has 0 saturated carbocycles. The van der Waals surface area contributed by atoms with E-state index < -0.39 is 10.0 Å². The van der Waals surface area contributed by atoms with Crippen LogP contribution in [-0.2, 0) is 29.7 Å². The Bertz CT molecular complexity index is 1290. The van der Waals surface area contributed by atoms with Gasteiger partial charge in [-0.05, 0) is 23.3 Å². The molecule has 0 saturated heterocycles. The Hall–Kier alpha value is -3.33. The van der Waals surface area contributed by atoms with Gasteiger partial charge in [0, 0.05) is 18.5 Å². The zero-order valence-corrected chi connectivity index (χ0v) is 19.4. The van der Waals surface area contributed by atoms with E-state index in [2.05, 4.69) is 10.3 Å². The summed E-state index contributed by atoms with van der Waals surface area (Å²) in [6.07, 6.45) is 0. The second kappa shape index (κ2) is 10.5. The van der Waals surface area contributed by atoms with Crippen molar-refractivity contribution >= 4 is 27.3 Å². The van der Waals surface area contributed by atoms with Gasteiger partial charge in [-0.2, -0.15) is 4.31 Å². The molecular weight excluding hydrogens is 454 g/mol. The summed E-state index contributed by atoms with van der Waals surface area (Å²) in [6.45, 7) is 0.672. The molecule has 8 heteroatoms. The lowest BCUT2D eigenvalue weighted by Crippen LogP contribution is -2.30. The van der Waals surface area contributed by atoms with Crippen LogP contribution in [0.5, 0.6) is 0 Å². The van der Waals surface area contributed by atoms with Crippen molar-refractivity contribution in [1.82, 2.24) is 14.6 Å². The number of thiazole rings is 1. The molecule has 0 fully saturated rings. The average Bonchev–Trinajstić information content (AvgIpc) is 3.33. The predicted octanol–water partition coefficient (Wildman–Crippen LogP) is 4.46. The summed E-state index contributed by atoms with van der Waals surface area (Å²) in [5.41, 5.74) is 2.14. The van der Waals surface area contributed by atoms with Crippen LogP contribution in [0, 0.1) is 0 Å². The molecule has 0 spiro atoms. The van der Waals surface area contributed by atoms with Gasteiger partial charge in [0.05, 0.1) is 11.4 Å². The summed E-state index contributed by atoms with van der Waals surface area (Å²) in [6, 6.07) is 27.4. The van der Waals surface area contributed by atoms with E-state index in [1.54, 1.807) is 35.7 Å². The van der Waals surface area contributed by atoms with Crippen LogP contribution in [0.4, 0.5) is 0 Å². The van der Waals surface area contributed by atoms with Crippen LogP contribution in [0.2, 0.25) is 0 Å². The Morgan fingerprint density at radius 1 is 0.818 bits per heavy atom. The van der Waals surface area contributed by atoms with Crippen LogP contribution < -0.4 is 5.32 Å². The van der Waals surface area contributed by atoms with Crippen LogP contribution in [-0.4, -0.2) is 23.6 Å². The first-order valence-electron chi connectivity index (χ1n) is 10.4. The number of hydrogen-bond acceptors (Lipinski definition) is 5. The van der Waals surface area contributed by atoms with Crippen molar-refractivity contribution in [1.29, 1.82) is 0 Å². The minimum absolute atomic E-state index is 0.0722. The molecule has 33 heavy (non-hydrogen) atoms. The zero-order valence-electron chi connectivity index (χ0n) is 17.8. The number of nitrogens with zero attached hydrogens (tertiary/aromatic N) is 2. The fourth-order valence-electron chi connectivity index (χ4n) is 3.26. The third-order valence-electron chi connectivity index (χ3n) is 4.97. The van der Waals surface area contributed by atoms with Crippen molar-refractivity contribution in [2.75, 3.05) is 0 Å². The number of nitrogens with one attached hydrogen (secondary N) is 1. The molecule has 0 atom stereocenters. The molecule has 4 rings (SSSR count). The van der Waals surface area contributed by atoms with E-state index in [1.165, 1.54) is 15.6 Å². The fourth-order valence-corrected chi connectivity index (χ4v) is 5.54. The lowest BCUT2D eigenvalue weighted by Gasteiger charge is -2.21. The van der Waals surface area contributed by atoms with Gasteiger partial charge in [0.1, 0.15) is 10.7 Å². The highest BCUT2D eigenvalue weighted by Crippen LogP contribution is 2.22. The predicted molar refractivity (Wildman–Crippen MR) is 129 cm³/mol. The highest BCUT2D eigenvalue weighted by molar-refractivity contribution is 7.89. The number of hydrogen-bond donors (Lipinski definition) is 1. The molecule has 0 bridgehead atoms. The third kappa shape index (κ3) is 5.92. The molecule has 0 aliphatic rings. The van der Waals surface area contributed by atoms with Gasteiger partial charge in [0.15, 0.2) is 0 Å². The molecule has 0 radical (unpaired) electrons. The highest BCUT2D eigenvalue weighted by Gasteiger charge is 2.26. The summed E-state index contributed by atoms with van der Waals surface area (Å²) in [5, 5.41) is 5.06. The topological polar surface area (TPSA) is 79.4 Å². The minimum Gasteiger partial charge on any atom is -0.347 e. The van der Waals surface area contributed by atoms with Crippen LogP contribution in [0.15, 0.2) is 101 Å². The second-order valence-corrected chi connectivity index (χ2v) is 10.2. The molecule has 4 aromatic rings. The van der Waals surface area contributed by atoms with Crippen molar-refractivity contribution in [2.45, 2.75) is 24.5 Å². The van der Waals surface area contributed by atoms with E-state index in [4.69, 9.17) is 0 Å². The van der Waals surface area contributed by atoms with E-state index in [9.17, 15) is 13.2 Å². The van der Waals surface area contributed by atoms with Crippen LogP contribution in [0.25, 0.3) is 0 Å². The lowest BCUT2D eigenvalue weighted by atomic mass is 10.2. The van der Waals surface area contributed by atoms with Gasteiger partial charge in [0.2, 0.25) is 10.0 Å². The van der Waals surface area contributed by atoms with E-state index in [1.807, 2.05) is 60.7 Å². The second-order valence-electron chi connectivity index (χ2n) is 7.37. The minimum atomic E-state index is -3.76. The average molecular weight is 478 g/mol. The van der Waals surface area contributed by atoms with Gasteiger partial charge >= 0.3 is 0 Å². The monoisotopic (exact) mass is 477 g/mol. The van der Waals surface area contributed by atoms with Crippen LogP contribution in [0.1, 0.15) is 26.6 Å². The maximum absolute atomic E-state index is 13.4. The first-order chi connectivity index (χ1) is 16.0. The summed E-state index contributed by atoms with van der Waals surface area (Å²) in [5.74, 6) is -0.290. The third-order valence-corrected chi connectivity index (χ3v) is 7.61. The summed E-state index contributed by atoms with van der Waals surface area (Å²) >= 11 is 1.27. The van der Waals surface area contributed by atoms with Crippen molar-refractivity contribution in [3.63, 3.8) is 0 Å². The Morgan fingerprint density at radius 3 is 2.03 bits per heavy atom. The smallest absolute Gasteiger partial charge is 0.271 e. The molecule has 1 heterocycles. The number of sulfonamides is 1. The summed E-state index contributed by atoms with van der Waals surface area (Å²) < 4.78 is 28.1. The largest absolute Gasteiger partial charge is 0.347 e. The van der Waals surface area contributed by atoms with Crippen LogP contribution >= 0.6 is 11.3 Å². The zero-order chi connectivity index (χ0) is 23.1.